The molecule has 0 saturated heterocycles. The molecule has 1 amide bonds. The van der Waals surface area contributed by atoms with Crippen molar-refractivity contribution in [1.82, 2.24) is 0 Å². The molecule has 19 heavy (non-hydrogen) atoms. The lowest BCUT2D eigenvalue weighted by molar-refractivity contribution is 0.102. The fourth-order valence-electron chi connectivity index (χ4n) is 1.88. The summed E-state index contributed by atoms with van der Waals surface area (Å²) < 4.78 is 1.10. The number of hydrogen-bond donors (Lipinski definition) is 1. The van der Waals surface area contributed by atoms with Crippen LogP contribution in [0.25, 0.3) is 0 Å². The highest BCUT2D eigenvalue weighted by Gasteiger charge is 2.09. The number of aryl methyl sites for hydroxylation is 3. The normalized spacial score (nSPS) is 10.3. The van der Waals surface area contributed by atoms with Gasteiger partial charge >= 0.3 is 0 Å². The molecule has 3 heteroatoms. The van der Waals surface area contributed by atoms with E-state index in [0.717, 1.165) is 14.8 Å². The number of carbonyl (C=O) groups is 1. The van der Waals surface area contributed by atoms with Gasteiger partial charge in [0.2, 0.25) is 0 Å². The fraction of sp³-hybridized carbons (Fsp3) is 0.188. The quantitative estimate of drug-likeness (QED) is 0.782. The summed E-state index contributed by atoms with van der Waals surface area (Å²) in [6.07, 6.45) is 0. The molecular weight excluding hydrogens is 349 g/mol. The highest BCUT2D eigenvalue weighted by atomic mass is 127. The second-order valence-electron chi connectivity index (χ2n) is 4.74. The Labute approximate surface area is 127 Å². The van der Waals surface area contributed by atoms with E-state index in [0.29, 0.717) is 5.56 Å². The van der Waals surface area contributed by atoms with Crippen molar-refractivity contribution in [3.63, 3.8) is 0 Å². The summed E-state index contributed by atoms with van der Waals surface area (Å²) in [5.41, 5.74) is 5.01. The first-order valence-corrected chi connectivity index (χ1v) is 7.20. The maximum Gasteiger partial charge on any atom is 0.255 e. The van der Waals surface area contributed by atoms with Crippen LogP contribution in [0.5, 0.6) is 0 Å². The average Bonchev–Trinajstić information content (AvgIpc) is 2.36. The van der Waals surface area contributed by atoms with Crippen LogP contribution < -0.4 is 5.32 Å². The summed E-state index contributed by atoms with van der Waals surface area (Å²) >= 11 is 2.25. The molecule has 98 valence electrons. The van der Waals surface area contributed by atoms with Crippen LogP contribution in [-0.2, 0) is 0 Å². The van der Waals surface area contributed by atoms with E-state index in [1.165, 1.54) is 11.1 Å². The molecule has 0 spiro atoms. The molecule has 0 saturated carbocycles. The smallest absolute Gasteiger partial charge is 0.255 e. The van der Waals surface area contributed by atoms with Gasteiger partial charge in [-0.05, 0) is 72.7 Å². The second-order valence-corrected chi connectivity index (χ2v) is 5.90. The number of hydrogen-bond acceptors (Lipinski definition) is 1. The lowest BCUT2D eigenvalue weighted by atomic mass is 10.1. The van der Waals surface area contributed by atoms with Crippen LogP contribution in [0.15, 0.2) is 36.4 Å². The van der Waals surface area contributed by atoms with Crippen molar-refractivity contribution in [3.8, 4) is 0 Å². The molecule has 0 aliphatic rings. The lowest BCUT2D eigenvalue weighted by Gasteiger charge is -2.10. The minimum Gasteiger partial charge on any atom is -0.322 e. The Morgan fingerprint density at radius 1 is 1.00 bits per heavy atom. The predicted octanol–water partition coefficient (Wildman–Crippen LogP) is 4.47. The van der Waals surface area contributed by atoms with Gasteiger partial charge in [0, 0.05) is 14.8 Å². The molecule has 0 atom stereocenters. The third-order valence-electron chi connectivity index (χ3n) is 3.06. The zero-order valence-electron chi connectivity index (χ0n) is 11.3. The maximum atomic E-state index is 12.2. The van der Waals surface area contributed by atoms with Crippen molar-refractivity contribution in [2.24, 2.45) is 0 Å². The molecule has 2 nitrogen and oxygen atoms in total. The zero-order chi connectivity index (χ0) is 14.0. The Morgan fingerprint density at radius 2 is 1.74 bits per heavy atom. The standard InChI is InChI=1S/C16H16INO/c1-10-4-7-15(12(3)8-10)18-16(19)13-6-5-11(2)14(17)9-13/h4-9H,1-3H3,(H,18,19). The van der Waals surface area contributed by atoms with Gasteiger partial charge in [-0.2, -0.15) is 0 Å². The van der Waals surface area contributed by atoms with E-state index < -0.39 is 0 Å². The predicted molar refractivity (Wildman–Crippen MR) is 87.8 cm³/mol. The summed E-state index contributed by atoms with van der Waals surface area (Å²) in [6, 6.07) is 11.8. The van der Waals surface area contributed by atoms with Gasteiger partial charge in [-0.1, -0.05) is 23.8 Å². The maximum absolute atomic E-state index is 12.2. The highest BCUT2D eigenvalue weighted by molar-refractivity contribution is 14.1. The van der Waals surface area contributed by atoms with Crippen molar-refractivity contribution in [3.05, 3.63) is 62.2 Å². The van der Waals surface area contributed by atoms with E-state index in [1.54, 1.807) is 0 Å². The van der Waals surface area contributed by atoms with Gasteiger partial charge in [-0.25, -0.2) is 0 Å². The molecule has 0 fully saturated rings. The minimum atomic E-state index is -0.0649. The SMILES string of the molecule is Cc1ccc(NC(=O)c2ccc(C)c(I)c2)c(C)c1. The van der Waals surface area contributed by atoms with Crippen molar-refractivity contribution < 1.29 is 4.79 Å². The Hall–Kier alpha value is -1.36. The lowest BCUT2D eigenvalue weighted by Crippen LogP contribution is -2.13. The number of carbonyl (C=O) groups excluding carboxylic acids is 1. The summed E-state index contributed by atoms with van der Waals surface area (Å²) in [5, 5.41) is 2.96. The molecule has 2 rings (SSSR count). The van der Waals surface area contributed by atoms with Crippen LogP contribution >= 0.6 is 22.6 Å². The number of halogens is 1. The Morgan fingerprint density at radius 3 is 2.37 bits per heavy atom. The number of anilines is 1. The first-order valence-electron chi connectivity index (χ1n) is 6.12. The molecule has 1 N–H and O–H groups in total. The fourth-order valence-corrected chi connectivity index (χ4v) is 2.40. The van der Waals surface area contributed by atoms with Crippen molar-refractivity contribution in [2.45, 2.75) is 20.8 Å². The van der Waals surface area contributed by atoms with Crippen LogP contribution in [-0.4, -0.2) is 5.91 Å². The first kappa shape index (κ1) is 14.1. The average molecular weight is 365 g/mol. The van der Waals surface area contributed by atoms with E-state index in [2.05, 4.69) is 34.0 Å². The van der Waals surface area contributed by atoms with Gasteiger partial charge in [-0.3, -0.25) is 4.79 Å². The van der Waals surface area contributed by atoms with Gasteiger partial charge in [-0.15, -0.1) is 0 Å². The van der Waals surface area contributed by atoms with Crippen molar-refractivity contribution in [2.75, 3.05) is 5.32 Å². The minimum absolute atomic E-state index is 0.0649. The van der Waals surface area contributed by atoms with E-state index in [-0.39, 0.29) is 5.91 Å². The van der Waals surface area contributed by atoms with E-state index in [4.69, 9.17) is 0 Å². The number of nitrogens with one attached hydrogen (secondary N) is 1. The summed E-state index contributed by atoms with van der Waals surface area (Å²) in [7, 11) is 0. The Balaban J connectivity index is 2.23. The summed E-state index contributed by atoms with van der Waals surface area (Å²) in [4.78, 5) is 12.2. The molecule has 2 aromatic carbocycles. The number of amides is 1. The first-order chi connectivity index (χ1) is 8.97. The molecule has 0 heterocycles. The summed E-state index contributed by atoms with van der Waals surface area (Å²) in [6.45, 7) is 6.08. The highest BCUT2D eigenvalue weighted by Crippen LogP contribution is 2.18. The van der Waals surface area contributed by atoms with Crippen molar-refractivity contribution >= 4 is 34.2 Å². The molecule has 0 bridgehead atoms. The van der Waals surface area contributed by atoms with Crippen LogP contribution in [0.3, 0.4) is 0 Å². The van der Waals surface area contributed by atoms with Gasteiger partial charge in [0.1, 0.15) is 0 Å². The molecular formula is C16H16INO. The van der Waals surface area contributed by atoms with Crippen LogP contribution in [0.4, 0.5) is 5.69 Å². The molecule has 2 aromatic rings. The molecule has 0 aromatic heterocycles. The molecule has 0 unspecified atom stereocenters. The molecule has 0 aliphatic heterocycles. The third-order valence-corrected chi connectivity index (χ3v) is 4.23. The molecule has 0 radical (unpaired) electrons. The summed E-state index contributed by atoms with van der Waals surface area (Å²) in [5.74, 6) is -0.0649. The van der Waals surface area contributed by atoms with E-state index in [1.807, 2.05) is 51.1 Å². The van der Waals surface area contributed by atoms with Gasteiger partial charge < -0.3 is 5.32 Å². The number of rotatable bonds is 2. The van der Waals surface area contributed by atoms with E-state index in [9.17, 15) is 4.79 Å². The third kappa shape index (κ3) is 3.35. The van der Waals surface area contributed by atoms with Gasteiger partial charge in [0.25, 0.3) is 5.91 Å². The topological polar surface area (TPSA) is 29.1 Å². The monoisotopic (exact) mass is 365 g/mol. The van der Waals surface area contributed by atoms with Crippen LogP contribution in [0.2, 0.25) is 0 Å². The molecule has 0 aliphatic carbocycles. The van der Waals surface area contributed by atoms with Gasteiger partial charge in [0.15, 0.2) is 0 Å². The largest absolute Gasteiger partial charge is 0.322 e. The second kappa shape index (κ2) is 5.74. The van der Waals surface area contributed by atoms with Crippen LogP contribution in [0, 0.1) is 24.3 Å². The van der Waals surface area contributed by atoms with E-state index >= 15 is 0 Å². The Kier molecular flexibility index (Phi) is 4.24. The Bertz CT molecular complexity index is 635. The van der Waals surface area contributed by atoms with Crippen LogP contribution in [0.1, 0.15) is 27.0 Å². The van der Waals surface area contributed by atoms with Gasteiger partial charge in [0.05, 0.1) is 0 Å². The van der Waals surface area contributed by atoms with Crippen molar-refractivity contribution in [1.29, 1.82) is 0 Å². The zero-order valence-corrected chi connectivity index (χ0v) is 13.4. The number of benzene rings is 2.